The van der Waals surface area contributed by atoms with E-state index in [1.165, 1.54) is 6.07 Å². The summed E-state index contributed by atoms with van der Waals surface area (Å²) in [7, 11) is 0. The Labute approximate surface area is 158 Å². The van der Waals surface area contributed by atoms with Gasteiger partial charge in [0.1, 0.15) is 5.82 Å². The van der Waals surface area contributed by atoms with Crippen LogP contribution in [0.2, 0.25) is 0 Å². The van der Waals surface area contributed by atoms with E-state index in [0.717, 1.165) is 28.9 Å². The van der Waals surface area contributed by atoms with Gasteiger partial charge in [0.05, 0.1) is 0 Å². The van der Waals surface area contributed by atoms with Crippen molar-refractivity contribution in [2.45, 2.75) is 45.4 Å². The third kappa shape index (κ3) is 2.99. The smallest absolute Gasteiger partial charge is 0.232 e. The van der Waals surface area contributed by atoms with E-state index in [2.05, 4.69) is 0 Å². The van der Waals surface area contributed by atoms with E-state index >= 15 is 0 Å². The zero-order valence-electron chi connectivity index (χ0n) is 15.6. The van der Waals surface area contributed by atoms with Gasteiger partial charge >= 0.3 is 0 Å². The van der Waals surface area contributed by atoms with Crippen LogP contribution in [0.3, 0.4) is 0 Å². The molecule has 2 aromatic carbocycles. The minimum Gasteiger partial charge on any atom is -0.294 e. The van der Waals surface area contributed by atoms with Crippen LogP contribution in [-0.2, 0) is 9.59 Å². The molecular formula is C23H22FNO2. The zero-order chi connectivity index (χ0) is 19.1. The Balaban J connectivity index is 1.88. The summed E-state index contributed by atoms with van der Waals surface area (Å²) in [5.41, 5.74) is 4.84. The number of rotatable bonds is 2. The quantitative estimate of drug-likeness (QED) is 0.755. The molecule has 1 amide bonds. The molecular weight excluding hydrogens is 341 g/mol. The van der Waals surface area contributed by atoms with Crippen molar-refractivity contribution in [1.82, 2.24) is 0 Å². The Morgan fingerprint density at radius 3 is 2.52 bits per heavy atom. The second-order valence-electron chi connectivity index (χ2n) is 7.41. The van der Waals surface area contributed by atoms with Gasteiger partial charge in [0.2, 0.25) is 5.91 Å². The van der Waals surface area contributed by atoms with Crippen LogP contribution < -0.4 is 4.90 Å². The predicted octanol–water partition coefficient (Wildman–Crippen LogP) is 4.97. The molecule has 0 saturated carbocycles. The Hall–Kier alpha value is -2.75. The minimum atomic E-state index is -0.496. The number of allylic oxidation sites excluding steroid dienone is 2. The van der Waals surface area contributed by atoms with Crippen LogP contribution >= 0.6 is 0 Å². The third-order valence-electron chi connectivity index (χ3n) is 5.70. The fraction of sp³-hybridized carbons (Fsp3) is 0.304. The summed E-state index contributed by atoms with van der Waals surface area (Å²) in [4.78, 5) is 27.6. The molecule has 0 spiro atoms. The van der Waals surface area contributed by atoms with Crippen LogP contribution in [-0.4, -0.2) is 11.7 Å². The number of carbonyl (C=O) groups excluding carboxylic acids is 2. The predicted molar refractivity (Wildman–Crippen MR) is 103 cm³/mol. The molecule has 4 heteroatoms. The molecule has 3 nitrogen and oxygen atoms in total. The molecule has 138 valence electrons. The Morgan fingerprint density at radius 2 is 1.78 bits per heavy atom. The summed E-state index contributed by atoms with van der Waals surface area (Å²) < 4.78 is 14.4. The van der Waals surface area contributed by atoms with Gasteiger partial charge in [0, 0.05) is 35.7 Å². The largest absolute Gasteiger partial charge is 0.294 e. The monoisotopic (exact) mass is 363 g/mol. The van der Waals surface area contributed by atoms with Gasteiger partial charge in [-0.15, -0.1) is 0 Å². The Bertz CT molecular complexity index is 976. The highest BCUT2D eigenvalue weighted by Gasteiger charge is 2.40. The molecule has 4 rings (SSSR count). The second-order valence-corrected chi connectivity index (χ2v) is 7.41. The first-order valence-corrected chi connectivity index (χ1v) is 9.38. The highest BCUT2D eigenvalue weighted by atomic mass is 19.1. The molecule has 27 heavy (non-hydrogen) atoms. The van der Waals surface area contributed by atoms with Crippen LogP contribution in [0.1, 0.15) is 48.3 Å². The summed E-state index contributed by atoms with van der Waals surface area (Å²) in [6.45, 7) is 4.04. The van der Waals surface area contributed by atoms with Gasteiger partial charge in [-0.25, -0.2) is 4.39 Å². The van der Waals surface area contributed by atoms with Crippen molar-refractivity contribution < 1.29 is 14.0 Å². The van der Waals surface area contributed by atoms with E-state index < -0.39 is 5.92 Å². The fourth-order valence-corrected chi connectivity index (χ4v) is 4.18. The number of hydrogen-bond acceptors (Lipinski definition) is 2. The van der Waals surface area contributed by atoms with Crippen molar-refractivity contribution in [2.75, 3.05) is 4.90 Å². The molecule has 0 fully saturated rings. The van der Waals surface area contributed by atoms with Gasteiger partial charge < -0.3 is 0 Å². The molecule has 2 aromatic rings. The van der Waals surface area contributed by atoms with Gasteiger partial charge in [-0.05, 0) is 61.6 Å². The van der Waals surface area contributed by atoms with Gasteiger partial charge in [-0.2, -0.15) is 0 Å². The lowest BCUT2D eigenvalue weighted by molar-refractivity contribution is -0.119. The highest BCUT2D eigenvalue weighted by molar-refractivity contribution is 6.07. The number of anilines is 1. The highest BCUT2D eigenvalue weighted by Crippen LogP contribution is 2.44. The minimum absolute atomic E-state index is 0.0332. The van der Waals surface area contributed by atoms with Crippen molar-refractivity contribution >= 4 is 17.4 Å². The number of amides is 1. The Morgan fingerprint density at radius 1 is 1.00 bits per heavy atom. The summed E-state index contributed by atoms with van der Waals surface area (Å²) in [6.07, 6.45) is 1.94. The van der Waals surface area contributed by atoms with Gasteiger partial charge in [0.25, 0.3) is 0 Å². The molecule has 2 aliphatic rings. The molecule has 1 unspecified atom stereocenters. The van der Waals surface area contributed by atoms with Crippen molar-refractivity contribution in [3.8, 4) is 0 Å². The zero-order valence-corrected chi connectivity index (χ0v) is 15.6. The number of ketones is 1. The molecule has 0 bridgehead atoms. The molecule has 1 heterocycles. The lowest BCUT2D eigenvalue weighted by Crippen LogP contribution is -2.40. The van der Waals surface area contributed by atoms with Gasteiger partial charge in [-0.3, -0.25) is 14.5 Å². The normalized spacial score (nSPS) is 20.1. The lowest BCUT2D eigenvalue weighted by Gasteiger charge is -2.38. The van der Waals surface area contributed by atoms with E-state index in [0.29, 0.717) is 24.0 Å². The molecule has 1 aliphatic heterocycles. The van der Waals surface area contributed by atoms with Crippen LogP contribution in [0.25, 0.3) is 0 Å². The average Bonchev–Trinajstić information content (AvgIpc) is 2.64. The van der Waals surface area contributed by atoms with Crippen molar-refractivity contribution in [1.29, 1.82) is 0 Å². The van der Waals surface area contributed by atoms with Crippen molar-refractivity contribution in [2.24, 2.45) is 0 Å². The molecule has 0 radical (unpaired) electrons. The second kappa shape index (κ2) is 6.76. The van der Waals surface area contributed by atoms with Crippen LogP contribution in [0, 0.1) is 19.7 Å². The van der Waals surface area contributed by atoms with Crippen LogP contribution in [0.5, 0.6) is 0 Å². The van der Waals surface area contributed by atoms with Crippen LogP contribution in [0.15, 0.2) is 53.7 Å². The molecule has 1 atom stereocenters. The van der Waals surface area contributed by atoms with Gasteiger partial charge in [0.15, 0.2) is 5.78 Å². The van der Waals surface area contributed by atoms with E-state index in [1.807, 2.05) is 32.0 Å². The van der Waals surface area contributed by atoms with E-state index in [9.17, 15) is 14.0 Å². The summed E-state index contributed by atoms with van der Waals surface area (Å²) in [5, 5.41) is 0. The molecule has 1 aliphatic carbocycles. The van der Waals surface area contributed by atoms with Crippen LogP contribution in [0.4, 0.5) is 10.1 Å². The average molecular weight is 363 g/mol. The first kappa shape index (κ1) is 17.7. The van der Waals surface area contributed by atoms with E-state index in [4.69, 9.17) is 0 Å². The van der Waals surface area contributed by atoms with Gasteiger partial charge in [-0.1, -0.05) is 24.3 Å². The lowest BCUT2D eigenvalue weighted by atomic mass is 9.77. The maximum atomic E-state index is 14.4. The van der Waals surface area contributed by atoms with E-state index in [1.54, 1.807) is 23.1 Å². The number of hydrogen-bond donors (Lipinski definition) is 0. The summed E-state index contributed by atoms with van der Waals surface area (Å²) >= 11 is 0. The third-order valence-corrected chi connectivity index (χ3v) is 5.70. The fourth-order valence-electron chi connectivity index (χ4n) is 4.18. The number of Topliss-reactive ketones (excluding diaryl/α,β-unsaturated/α-hetero) is 1. The number of nitrogens with zero attached hydrogens (tertiary/aromatic N) is 1. The maximum absolute atomic E-state index is 14.4. The maximum Gasteiger partial charge on any atom is 0.232 e. The Kier molecular flexibility index (Phi) is 4.42. The summed E-state index contributed by atoms with van der Waals surface area (Å²) in [6, 6.07) is 12.4. The van der Waals surface area contributed by atoms with Crippen molar-refractivity contribution in [3.63, 3.8) is 0 Å². The first-order chi connectivity index (χ1) is 13.0. The standard InChI is InChI=1S/C23H22FNO2/c1-14-10-11-16(12-15(14)2)25-20-8-5-9-21(26)23(20)18(13-22(25)27)17-6-3-4-7-19(17)24/h3-4,6-7,10-12,18H,5,8-9,13H2,1-2H3. The first-order valence-electron chi connectivity index (χ1n) is 9.38. The number of benzene rings is 2. The number of carbonyl (C=O) groups is 2. The van der Waals surface area contributed by atoms with E-state index in [-0.39, 0.29) is 23.9 Å². The number of aryl methyl sites for hydroxylation is 2. The molecule has 0 saturated heterocycles. The number of halogens is 1. The molecule has 0 aromatic heterocycles. The molecule has 0 N–H and O–H groups in total. The summed E-state index contributed by atoms with van der Waals surface area (Å²) in [5.74, 6) is -0.907. The van der Waals surface area contributed by atoms with Crippen molar-refractivity contribution in [3.05, 3.63) is 76.2 Å². The topological polar surface area (TPSA) is 37.4 Å². The SMILES string of the molecule is Cc1ccc(N2C(=O)CC(c3ccccc3F)C3=C2CCCC3=O)cc1C.